The van der Waals surface area contributed by atoms with Crippen LogP contribution in [0.1, 0.15) is 40.9 Å². The van der Waals surface area contributed by atoms with E-state index < -0.39 is 5.41 Å². The monoisotopic (exact) mass is 493 g/mol. The Bertz CT molecular complexity index is 1150. The maximum Gasteiger partial charge on any atom is 0.264 e. The van der Waals surface area contributed by atoms with Crippen LogP contribution in [0, 0.1) is 0 Å². The van der Waals surface area contributed by atoms with Gasteiger partial charge in [-0.3, -0.25) is 9.59 Å². The number of carbonyl (C=O) groups excluding carboxylic acids is 2. The van der Waals surface area contributed by atoms with E-state index in [1.54, 1.807) is 0 Å². The summed E-state index contributed by atoms with van der Waals surface area (Å²) in [6.07, 6.45) is 3.85. The van der Waals surface area contributed by atoms with Crippen LogP contribution in [0.4, 0.5) is 11.4 Å². The van der Waals surface area contributed by atoms with Crippen LogP contribution in [0.25, 0.3) is 0 Å². The molecule has 7 heteroatoms. The lowest BCUT2D eigenvalue weighted by atomic mass is 9.78. The lowest BCUT2D eigenvalue weighted by molar-refractivity contribution is -0.121. The number of amides is 2. The van der Waals surface area contributed by atoms with E-state index in [1.165, 1.54) is 11.3 Å². The van der Waals surface area contributed by atoms with Gasteiger partial charge in [-0.05, 0) is 48.1 Å². The van der Waals surface area contributed by atoms with E-state index in [1.807, 2.05) is 58.8 Å². The molecule has 1 aromatic heterocycles. The highest BCUT2D eigenvalue weighted by Gasteiger charge is 2.42. The summed E-state index contributed by atoms with van der Waals surface area (Å²) >= 11 is 8.14. The highest BCUT2D eigenvalue weighted by atomic mass is 35.5. The molecule has 34 heavy (non-hydrogen) atoms. The van der Waals surface area contributed by atoms with Crippen molar-refractivity contribution in [2.45, 2.75) is 31.1 Å². The van der Waals surface area contributed by atoms with Crippen LogP contribution in [0.15, 0.2) is 66.0 Å². The number of benzene rings is 2. The molecular weight excluding hydrogens is 466 g/mol. The molecule has 1 aliphatic heterocycles. The number of piperazine rings is 1. The molecule has 1 saturated carbocycles. The largest absolute Gasteiger partial charge is 0.367 e. The molecular formula is C27H28ClN3O2S. The van der Waals surface area contributed by atoms with E-state index in [4.69, 9.17) is 11.6 Å². The summed E-state index contributed by atoms with van der Waals surface area (Å²) in [6, 6.07) is 19.6. The Morgan fingerprint density at radius 3 is 2.29 bits per heavy atom. The number of hydrogen-bond donors (Lipinski definition) is 1. The van der Waals surface area contributed by atoms with E-state index in [0.29, 0.717) is 23.8 Å². The van der Waals surface area contributed by atoms with Crippen molar-refractivity contribution in [2.75, 3.05) is 36.4 Å². The Labute approximate surface area is 209 Å². The van der Waals surface area contributed by atoms with Gasteiger partial charge in [-0.2, -0.15) is 0 Å². The van der Waals surface area contributed by atoms with Crippen molar-refractivity contribution in [2.24, 2.45) is 0 Å². The molecule has 2 aliphatic rings. The summed E-state index contributed by atoms with van der Waals surface area (Å²) in [5.41, 5.74) is 2.26. The fourth-order valence-electron chi connectivity index (χ4n) is 5.18. The number of rotatable bonds is 5. The minimum absolute atomic E-state index is 0.0423. The average molecular weight is 494 g/mol. The van der Waals surface area contributed by atoms with Crippen LogP contribution in [-0.2, 0) is 10.2 Å². The zero-order valence-electron chi connectivity index (χ0n) is 19.0. The van der Waals surface area contributed by atoms with E-state index in [9.17, 15) is 9.59 Å². The average Bonchev–Trinajstić information content (AvgIpc) is 3.58. The predicted molar refractivity (Wildman–Crippen MR) is 139 cm³/mol. The number of anilines is 2. The van der Waals surface area contributed by atoms with Gasteiger partial charge in [0.1, 0.15) is 0 Å². The van der Waals surface area contributed by atoms with Crippen LogP contribution >= 0.6 is 22.9 Å². The molecule has 5 rings (SSSR count). The molecule has 0 spiro atoms. The Hall–Kier alpha value is -2.83. The standard InChI is InChI=1S/C27H28ClN3O2S/c28-22-19-21(29-26(33)27(12-4-5-13-27)20-7-2-1-3-8-20)10-11-23(22)30-14-16-31(17-15-30)25(32)24-9-6-18-34-24/h1-3,6-11,18-19H,4-5,12-17H2,(H,29,33). The molecule has 0 bridgehead atoms. The molecule has 5 nitrogen and oxygen atoms in total. The van der Waals surface area contributed by atoms with Gasteiger partial charge >= 0.3 is 0 Å². The predicted octanol–water partition coefficient (Wildman–Crippen LogP) is 5.81. The number of halogens is 1. The highest BCUT2D eigenvalue weighted by molar-refractivity contribution is 7.12. The third-order valence-corrected chi connectivity index (χ3v) is 8.22. The van der Waals surface area contributed by atoms with Crippen molar-refractivity contribution in [3.63, 3.8) is 0 Å². The maximum absolute atomic E-state index is 13.4. The molecule has 176 valence electrons. The molecule has 2 fully saturated rings. The third-order valence-electron chi connectivity index (χ3n) is 7.06. The van der Waals surface area contributed by atoms with Gasteiger partial charge in [0.2, 0.25) is 5.91 Å². The number of hydrogen-bond acceptors (Lipinski definition) is 4. The molecule has 1 aliphatic carbocycles. The molecule has 0 radical (unpaired) electrons. The number of carbonyl (C=O) groups is 2. The molecule has 2 aromatic carbocycles. The van der Waals surface area contributed by atoms with Crippen LogP contribution in [-0.4, -0.2) is 42.9 Å². The minimum Gasteiger partial charge on any atom is -0.367 e. The van der Waals surface area contributed by atoms with Crippen LogP contribution in [0.2, 0.25) is 5.02 Å². The van der Waals surface area contributed by atoms with Gasteiger partial charge in [0.15, 0.2) is 0 Å². The zero-order valence-corrected chi connectivity index (χ0v) is 20.6. The summed E-state index contributed by atoms with van der Waals surface area (Å²) in [5, 5.41) is 5.67. The quantitative estimate of drug-likeness (QED) is 0.487. The second-order valence-electron chi connectivity index (χ2n) is 9.03. The highest BCUT2D eigenvalue weighted by Crippen LogP contribution is 2.42. The van der Waals surface area contributed by atoms with Gasteiger partial charge in [0.25, 0.3) is 5.91 Å². The first kappa shape index (κ1) is 22.9. The van der Waals surface area contributed by atoms with Gasteiger partial charge in [0, 0.05) is 31.9 Å². The van der Waals surface area contributed by atoms with Crippen LogP contribution < -0.4 is 10.2 Å². The maximum atomic E-state index is 13.4. The first-order chi connectivity index (χ1) is 16.6. The van der Waals surface area contributed by atoms with Gasteiger partial charge in [0.05, 0.1) is 21.0 Å². The Kier molecular flexibility index (Phi) is 6.61. The van der Waals surface area contributed by atoms with Crippen molar-refractivity contribution in [1.29, 1.82) is 0 Å². The van der Waals surface area contributed by atoms with Crippen molar-refractivity contribution < 1.29 is 9.59 Å². The molecule has 2 heterocycles. The normalized spacial score (nSPS) is 17.6. The van der Waals surface area contributed by atoms with Gasteiger partial charge in [-0.25, -0.2) is 0 Å². The minimum atomic E-state index is -0.474. The van der Waals surface area contributed by atoms with E-state index in [0.717, 1.165) is 54.9 Å². The van der Waals surface area contributed by atoms with Crippen LogP contribution in [0.3, 0.4) is 0 Å². The van der Waals surface area contributed by atoms with Crippen LogP contribution in [0.5, 0.6) is 0 Å². The Balaban J connectivity index is 1.25. The fraction of sp³-hybridized carbons (Fsp3) is 0.333. The number of nitrogens with one attached hydrogen (secondary N) is 1. The van der Waals surface area contributed by atoms with E-state index >= 15 is 0 Å². The summed E-state index contributed by atoms with van der Waals surface area (Å²) in [5.74, 6) is 0.138. The topological polar surface area (TPSA) is 52.7 Å². The SMILES string of the molecule is O=C(c1cccs1)N1CCN(c2ccc(NC(=O)C3(c4ccccc4)CCCC3)cc2Cl)CC1. The van der Waals surface area contributed by atoms with Crippen molar-refractivity contribution in [1.82, 2.24) is 4.90 Å². The molecule has 2 amide bonds. The second kappa shape index (κ2) is 9.80. The lowest BCUT2D eigenvalue weighted by Crippen LogP contribution is -2.48. The first-order valence-corrected chi connectivity index (χ1v) is 13.1. The molecule has 0 unspecified atom stereocenters. The summed E-state index contributed by atoms with van der Waals surface area (Å²) in [4.78, 5) is 30.9. The lowest BCUT2D eigenvalue weighted by Gasteiger charge is -2.36. The zero-order chi connectivity index (χ0) is 23.5. The molecule has 1 saturated heterocycles. The van der Waals surface area contributed by atoms with Crippen molar-refractivity contribution in [3.8, 4) is 0 Å². The van der Waals surface area contributed by atoms with E-state index in [2.05, 4.69) is 22.3 Å². The second-order valence-corrected chi connectivity index (χ2v) is 10.4. The van der Waals surface area contributed by atoms with Gasteiger partial charge in [-0.1, -0.05) is 60.8 Å². The number of nitrogens with zero attached hydrogens (tertiary/aromatic N) is 2. The summed E-state index contributed by atoms with van der Waals surface area (Å²) in [7, 11) is 0. The summed E-state index contributed by atoms with van der Waals surface area (Å²) in [6.45, 7) is 2.76. The fourth-order valence-corrected chi connectivity index (χ4v) is 6.17. The van der Waals surface area contributed by atoms with E-state index in [-0.39, 0.29) is 11.8 Å². The van der Waals surface area contributed by atoms with Crippen molar-refractivity contribution in [3.05, 3.63) is 81.5 Å². The van der Waals surface area contributed by atoms with Gasteiger partial charge < -0.3 is 15.1 Å². The van der Waals surface area contributed by atoms with Crippen molar-refractivity contribution >= 4 is 46.1 Å². The third kappa shape index (κ3) is 4.44. The Morgan fingerprint density at radius 1 is 0.912 bits per heavy atom. The Morgan fingerprint density at radius 2 is 1.65 bits per heavy atom. The summed E-state index contributed by atoms with van der Waals surface area (Å²) < 4.78 is 0. The molecule has 1 N–H and O–H groups in total. The smallest absolute Gasteiger partial charge is 0.264 e. The molecule has 3 aromatic rings. The molecule has 0 atom stereocenters. The number of thiophene rings is 1. The van der Waals surface area contributed by atoms with Gasteiger partial charge in [-0.15, -0.1) is 11.3 Å². The first-order valence-electron chi connectivity index (χ1n) is 11.8.